The second-order valence-electron chi connectivity index (χ2n) is 6.82. The molecule has 0 fully saturated rings. The standard InChI is InChI=1S/C24H20N4O2/c1-17-7-8-19(15-22(17)27-23(29)18-5-3-2-4-6-18)24(30)26-20-9-11-21(12-10-20)28-14-13-25-16-28/h2-16H,1H3,(H,26,30)(H,27,29). The molecular formula is C24H20N4O2. The van der Waals surface area contributed by atoms with E-state index in [1.807, 2.05) is 66.2 Å². The van der Waals surface area contributed by atoms with Gasteiger partial charge in [-0.2, -0.15) is 0 Å². The van der Waals surface area contributed by atoms with Crippen LogP contribution in [0.3, 0.4) is 0 Å². The van der Waals surface area contributed by atoms with Gasteiger partial charge in [0.05, 0.1) is 6.33 Å². The van der Waals surface area contributed by atoms with Crippen molar-refractivity contribution < 1.29 is 9.59 Å². The van der Waals surface area contributed by atoms with E-state index in [-0.39, 0.29) is 11.8 Å². The highest BCUT2D eigenvalue weighted by molar-refractivity contribution is 6.07. The number of hydrogen-bond donors (Lipinski definition) is 2. The highest BCUT2D eigenvalue weighted by atomic mass is 16.2. The second-order valence-corrected chi connectivity index (χ2v) is 6.82. The topological polar surface area (TPSA) is 76.0 Å². The molecule has 6 heteroatoms. The number of anilines is 2. The minimum Gasteiger partial charge on any atom is -0.322 e. The van der Waals surface area contributed by atoms with Crippen molar-refractivity contribution in [2.75, 3.05) is 10.6 Å². The molecule has 4 rings (SSSR count). The van der Waals surface area contributed by atoms with Gasteiger partial charge < -0.3 is 15.2 Å². The molecule has 3 aromatic carbocycles. The fourth-order valence-corrected chi connectivity index (χ4v) is 3.01. The van der Waals surface area contributed by atoms with E-state index < -0.39 is 0 Å². The lowest BCUT2D eigenvalue weighted by Crippen LogP contribution is -2.15. The lowest BCUT2D eigenvalue weighted by atomic mass is 10.1. The monoisotopic (exact) mass is 396 g/mol. The summed E-state index contributed by atoms with van der Waals surface area (Å²) in [6, 6.07) is 21.7. The van der Waals surface area contributed by atoms with Crippen LogP contribution in [0.4, 0.5) is 11.4 Å². The van der Waals surface area contributed by atoms with E-state index in [1.165, 1.54) is 0 Å². The van der Waals surface area contributed by atoms with Gasteiger partial charge in [-0.05, 0) is 61.0 Å². The maximum atomic E-state index is 12.7. The predicted molar refractivity (Wildman–Crippen MR) is 117 cm³/mol. The molecule has 2 amide bonds. The number of imidazole rings is 1. The fourth-order valence-electron chi connectivity index (χ4n) is 3.01. The Hall–Kier alpha value is -4.19. The number of carbonyl (C=O) groups is 2. The molecule has 0 aliphatic rings. The quantitative estimate of drug-likeness (QED) is 0.514. The van der Waals surface area contributed by atoms with Gasteiger partial charge in [-0.1, -0.05) is 24.3 Å². The molecule has 148 valence electrons. The Morgan fingerprint density at radius 1 is 0.833 bits per heavy atom. The zero-order valence-corrected chi connectivity index (χ0v) is 16.4. The Labute approximate surface area is 174 Å². The fraction of sp³-hybridized carbons (Fsp3) is 0.0417. The third-order valence-corrected chi connectivity index (χ3v) is 4.71. The van der Waals surface area contributed by atoms with Crippen LogP contribution in [-0.2, 0) is 0 Å². The zero-order chi connectivity index (χ0) is 20.9. The van der Waals surface area contributed by atoms with E-state index in [9.17, 15) is 9.59 Å². The second kappa shape index (κ2) is 8.45. The Bertz CT molecular complexity index is 1170. The molecule has 2 N–H and O–H groups in total. The van der Waals surface area contributed by atoms with Crippen LogP contribution in [-0.4, -0.2) is 21.4 Å². The number of aromatic nitrogens is 2. The minimum absolute atomic E-state index is 0.216. The Morgan fingerprint density at radius 3 is 2.27 bits per heavy atom. The van der Waals surface area contributed by atoms with Crippen LogP contribution in [0.15, 0.2) is 91.5 Å². The molecule has 0 aliphatic carbocycles. The summed E-state index contributed by atoms with van der Waals surface area (Å²) in [7, 11) is 0. The van der Waals surface area contributed by atoms with Gasteiger partial charge in [-0.15, -0.1) is 0 Å². The van der Waals surface area contributed by atoms with Crippen molar-refractivity contribution in [2.24, 2.45) is 0 Å². The van der Waals surface area contributed by atoms with Crippen LogP contribution >= 0.6 is 0 Å². The zero-order valence-electron chi connectivity index (χ0n) is 16.4. The van der Waals surface area contributed by atoms with Gasteiger partial charge in [0.2, 0.25) is 0 Å². The van der Waals surface area contributed by atoms with Crippen molar-refractivity contribution in [2.45, 2.75) is 6.92 Å². The summed E-state index contributed by atoms with van der Waals surface area (Å²) in [5.74, 6) is -0.466. The van der Waals surface area contributed by atoms with E-state index in [0.29, 0.717) is 22.5 Å². The van der Waals surface area contributed by atoms with E-state index in [2.05, 4.69) is 15.6 Å². The number of rotatable bonds is 5. The van der Waals surface area contributed by atoms with Gasteiger partial charge in [-0.3, -0.25) is 9.59 Å². The van der Waals surface area contributed by atoms with Crippen LogP contribution in [0.25, 0.3) is 5.69 Å². The molecule has 1 heterocycles. The van der Waals surface area contributed by atoms with E-state index >= 15 is 0 Å². The van der Waals surface area contributed by atoms with Crippen LogP contribution in [0.2, 0.25) is 0 Å². The lowest BCUT2D eigenvalue weighted by Gasteiger charge is -2.11. The van der Waals surface area contributed by atoms with Crippen LogP contribution in [0.1, 0.15) is 26.3 Å². The summed E-state index contributed by atoms with van der Waals surface area (Å²) in [5.41, 5.74) is 4.13. The molecule has 0 aliphatic heterocycles. The first-order valence-electron chi connectivity index (χ1n) is 9.47. The highest BCUT2D eigenvalue weighted by Gasteiger charge is 2.12. The van der Waals surface area contributed by atoms with Crippen LogP contribution < -0.4 is 10.6 Å². The third kappa shape index (κ3) is 4.28. The molecule has 0 spiro atoms. The summed E-state index contributed by atoms with van der Waals surface area (Å²) >= 11 is 0. The summed E-state index contributed by atoms with van der Waals surface area (Å²) in [5, 5.41) is 5.77. The van der Waals surface area contributed by atoms with Crippen LogP contribution in [0, 0.1) is 6.92 Å². The molecule has 30 heavy (non-hydrogen) atoms. The number of hydrogen-bond acceptors (Lipinski definition) is 3. The Morgan fingerprint density at radius 2 is 1.57 bits per heavy atom. The average Bonchev–Trinajstić information content (AvgIpc) is 3.31. The van der Waals surface area contributed by atoms with Crippen molar-refractivity contribution in [3.63, 3.8) is 0 Å². The lowest BCUT2D eigenvalue weighted by molar-refractivity contribution is 0.101. The molecule has 6 nitrogen and oxygen atoms in total. The van der Waals surface area contributed by atoms with Crippen molar-refractivity contribution in [1.29, 1.82) is 0 Å². The summed E-state index contributed by atoms with van der Waals surface area (Å²) in [6.07, 6.45) is 5.28. The van der Waals surface area contributed by atoms with Crippen molar-refractivity contribution in [3.8, 4) is 5.69 Å². The highest BCUT2D eigenvalue weighted by Crippen LogP contribution is 2.20. The van der Waals surface area contributed by atoms with E-state index in [4.69, 9.17) is 0 Å². The first kappa shape index (κ1) is 19.1. The third-order valence-electron chi connectivity index (χ3n) is 4.71. The van der Waals surface area contributed by atoms with Gasteiger partial charge in [-0.25, -0.2) is 4.98 Å². The molecule has 0 saturated heterocycles. The number of benzene rings is 3. The number of amides is 2. The first-order valence-corrected chi connectivity index (χ1v) is 9.47. The summed E-state index contributed by atoms with van der Waals surface area (Å²) < 4.78 is 1.88. The van der Waals surface area contributed by atoms with Crippen molar-refractivity contribution in [3.05, 3.63) is 108 Å². The minimum atomic E-state index is -0.249. The maximum absolute atomic E-state index is 12.7. The molecule has 0 unspecified atom stereocenters. The normalized spacial score (nSPS) is 10.4. The van der Waals surface area contributed by atoms with Gasteiger partial charge in [0.15, 0.2) is 0 Å². The molecule has 0 saturated carbocycles. The molecule has 0 atom stereocenters. The first-order chi connectivity index (χ1) is 14.6. The number of aryl methyl sites for hydroxylation is 1. The van der Waals surface area contributed by atoms with Crippen LogP contribution in [0.5, 0.6) is 0 Å². The molecular weight excluding hydrogens is 376 g/mol. The van der Waals surface area contributed by atoms with Crippen molar-refractivity contribution in [1.82, 2.24) is 9.55 Å². The summed E-state index contributed by atoms with van der Waals surface area (Å²) in [4.78, 5) is 29.2. The Balaban J connectivity index is 1.48. The van der Waals surface area contributed by atoms with Gasteiger partial charge in [0.1, 0.15) is 0 Å². The van der Waals surface area contributed by atoms with Crippen molar-refractivity contribution >= 4 is 23.2 Å². The van der Waals surface area contributed by atoms with Gasteiger partial charge >= 0.3 is 0 Å². The number of nitrogens with zero attached hydrogens (tertiary/aromatic N) is 2. The van der Waals surface area contributed by atoms with E-state index in [0.717, 1.165) is 11.3 Å². The van der Waals surface area contributed by atoms with E-state index in [1.54, 1.807) is 36.8 Å². The average molecular weight is 396 g/mol. The molecule has 1 aromatic heterocycles. The maximum Gasteiger partial charge on any atom is 0.255 e. The van der Waals surface area contributed by atoms with Gasteiger partial charge in [0.25, 0.3) is 11.8 Å². The molecule has 4 aromatic rings. The van der Waals surface area contributed by atoms with Gasteiger partial charge in [0, 0.05) is 40.6 Å². The smallest absolute Gasteiger partial charge is 0.255 e. The number of nitrogens with one attached hydrogen (secondary N) is 2. The summed E-state index contributed by atoms with van der Waals surface area (Å²) in [6.45, 7) is 1.89. The molecule has 0 bridgehead atoms. The number of carbonyl (C=O) groups excluding carboxylic acids is 2. The molecule has 0 radical (unpaired) electrons. The SMILES string of the molecule is Cc1ccc(C(=O)Nc2ccc(-n3ccnc3)cc2)cc1NC(=O)c1ccccc1. The Kier molecular flexibility index (Phi) is 5.39. The predicted octanol–water partition coefficient (Wildman–Crippen LogP) is 4.69. The largest absolute Gasteiger partial charge is 0.322 e.